The first-order valence-corrected chi connectivity index (χ1v) is 7.08. The molecule has 1 heterocycles. The summed E-state index contributed by atoms with van der Waals surface area (Å²) in [5, 5.41) is 0. The van der Waals surface area contributed by atoms with E-state index < -0.39 is 0 Å². The van der Waals surface area contributed by atoms with Crippen molar-refractivity contribution in [3.63, 3.8) is 0 Å². The van der Waals surface area contributed by atoms with Crippen LogP contribution in [0.4, 0.5) is 0 Å². The zero-order valence-electron chi connectivity index (χ0n) is 9.75. The van der Waals surface area contributed by atoms with Gasteiger partial charge in [-0.3, -0.25) is 4.79 Å². The highest BCUT2D eigenvalue weighted by Crippen LogP contribution is 2.23. The van der Waals surface area contributed by atoms with E-state index in [1.165, 1.54) is 0 Å². The van der Waals surface area contributed by atoms with E-state index in [1.54, 1.807) is 0 Å². The standard InChI is InChI=1S/C13H15BrClNO/c1-9-5-10(7-11(14)6-9)13(17)16-4-2-3-12(16)8-15/h5-7,12H,2-4,8H2,1H3. The van der Waals surface area contributed by atoms with Gasteiger partial charge in [0.1, 0.15) is 0 Å². The molecule has 4 heteroatoms. The first kappa shape index (κ1) is 12.9. The summed E-state index contributed by atoms with van der Waals surface area (Å²) < 4.78 is 0.947. The minimum Gasteiger partial charge on any atom is -0.334 e. The molecule has 0 aromatic heterocycles. The molecule has 0 aliphatic carbocycles. The van der Waals surface area contributed by atoms with Crippen molar-refractivity contribution in [1.82, 2.24) is 4.90 Å². The highest BCUT2D eigenvalue weighted by molar-refractivity contribution is 9.10. The zero-order chi connectivity index (χ0) is 12.4. The van der Waals surface area contributed by atoms with Gasteiger partial charge < -0.3 is 4.90 Å². The molecule has 0 spiro atoms. The smallest absolute Gasteiger partial charge is 0.254 e. The number of likely N-dealkylation sites (tertiary alicyclic amines) is 1. The number of aryl methyl sites for hydroxylation is 1. The Kier molecular flexibility index (Phi) is 4.10. The quantitative estimate of drug-likeness (QED) is 0.763. The van der Waals surface area contributed by atoms with Gasteiger partial charge in [0.05, 0.1) is 0 Å². The van der Waals surface area contributed by atoms with Crippen LogP contribution in [-0.2, 0) is 0 Å². The molecule has 0 saturated carbocycles. The molecule has 2 rings (SSSR count). The van der Waals surface area contributed by atoms with Crippen LogP contribution in [0.25, 0.3) is 0 Å². The van der Waals surface area contributed by atoms with Gasteiger partial charge in [-0.25, -0.2) is 0 Å². The van der Waals surface area contributed by atoms with Crippen LogP contribution in [0.3, 0.4) is 0 Å². The maximum Gasteiger partial charge on any atom is 0.254 e. The van der Waals surface area contributed by atoms with Crippen LogP contribution in [0.5, 0.6) is 0 Å². The summed E-state index contributed by atoms with van der Waals surface area (Å²) in [6.07, 6.45) is 2.07. The van der Waals surface area contributed by atoms with Crippen molar-refractivity contribution in [3.8, 4) is 0 Å². The van der Waals surface area contributed by atoms with Crippen LogP contribution in [0.2, 0.25) is 0 Å². The molecule has 2 nitrogen and oxygen atoms in total. The van der Waals surface area contributed by atoms with Crippen LogP contribution in [0.15, 0.2) is 22.7 Å². The van der Waals surface area contributed by atoms with E-state index in [2.05, 4.69) is 15.9 Å². The van der Waals surface area contributed by atoms with Crippen LogP contribution in [0, 0.1) is 6.92 Å². The Morgan fingerprint density at radius 1 is 1.53 bits per heavy atom. The Morgan fingerprint density at radius 2 is 2.29 bits per heavy atom. The Bertz CT molecular complexity index is 415. The lowest BCUT2D eigenvalue weighted by atomic mass is 10.1. The average Bonchev–Trinajstić information content (AvgIpc) is 2.74. The topological polar surface area (TPSA) is 20.3 Å². The molecule has 1 atom stereocenters. The van der Waals surface area contributed by atoms with Crippen molar-refractivity contribution in [1.29, 1.82) is 0 Å². The summed E-state index contributed by atoms with van der Waals surface area (Å²) in [5.74, 6) is 0.621. The molecule has 1 aromatic carbocycles. The summed E-state index contributed by atoms with van der Waals surface area (Å²) in [5.41, 5.74) is 1.83. The highest BCUT2D eigenvalue weighted by atomic mass is 79.9. The zero-order valence-corrected chi connectivity index (χ0v) is 12.1. The normalized spacial score (nSPS) is 19.7. The Morgan fingerprint density at radius 3 is 2.94 bits per heavy atom. The van der Waals surface area contributed by atoms with Gasteiger partial charge in [0, 0.05) is 28.5 Å². The third-order valence-electron chi connectivity index (χ3n) is 3.11. The number of rotatable bonds is 2. The number of hydrogen-bond acceptors (Lipinski definition) is 1. The molecule has 1 aromatic rings. The van der Waals surface area contributed by atoms with Crippen LogP contribution in [0.1, 0.15) is 28.8 Å². The lowest BCUT2D eigenvalue weighted by Gasteiger charge is -2.23. The largest absolute Gasteiger partial charge is 0.334 e. The van der Waals surface area contributed by atoms with E-state index in [1.807, 2.05) is 30.0 Å². The predicted molar refractivity (Wildman–Crippen MR) is 73.7 cm³/mol. The number of amides is 1. The summed E-state index contributed by atoms with van der Waals surface area (Å²) in [4.78, 5) is 14.3. The Labute approximate surface area is 115 Å². The van der Waals surface area contributed by atoms with E-state index in [0.29, 0.717) is 5.88 Å². The molecule has 0 bridgehead atoms. The van der Waals surface area contributed by atoms with Crippen LogP contribution >= 0.6 is 27.5 Å². The molecule has 1 saturated heterocycles. The maximum absolute atomic E-state index is 12.4. The minimum absolute atomic E-state index is 0.0950. The first-order chi connectivity index (χ1) is 8.11. The van der Waals surface area contributed by atoms with E-state index >= 15 is 0 Å². The summed E-state index contributed by atoms with van der Waals surface area (Å²) in [6.45, 7) is 2.81. The van der Waals surface area contributed by atoms with E-state index in [0.717, 1.165) is 35.0 Å². The van der Waals surface area contributed by atoms with Gasteiger partial charge in [-0.15, -0.1) is 11.6 Å². The average molecular weight is 317 g/mol. The SMILES string of the molecule is Cc1cc(Br)cc(C(=O)N2CCCC2CCl)c1. The number of carbonyl (C=O) groups is 1. The Hall–Kier alpha value is -0.540. The first-order valence-electron chi connectivity index (χ1n) is 5.76. The molecule has 92 valence electrons. The second kappa shape index (κ2) is 5.40. The van der Waals surface area contributed by atoms with E-state index in [-0.39, 0.29) is 11.9 Å². The van der Waals surface area contributed by atoms with Crippen LogP contribution in [-0.4, -0.2) is 29.3 Å². The summed E-state index contributed by atoms with van der Waals surface area (Å²) >= 11 is 9.32. The molecular formula is C13H15BrClNO. The van der Waals surface area contributed by atoms with Gasteiger partial charge in [0.15, 0.2) is 0 Å². The lowest BCUT2D eigenvalue weighted by Crippen LogP contribution is -2.36. The number of carbonyl (C=O) groups excluding carboxylic acids is 1. The van der Waals surface area contributed by atoms with Gasteiger partial charge in [0.25, 0.3) is 5.91 Å². The molecule has 1 fully saturated rings. The number of halogens is 2. The van der Waals surface area contributed by atoms with Crippen molar-refractivity contribution >= 4 is 33.4 Å². The number of benzene rings is 1. The fourth-order valence-electron chi connectivity index (χ4n) is 2.29. The van der Waals surface area contributed by atoms with Crippen LogP contribution < -0.4 is 0 Å². The van der Waals surface area contributed by atoms with Gasteiger partial charge in [0.2, 0.25) is 0 Å². The number of hydrogen-bond donors (Lipinski definition) is 0. The Balaban J connectivity index is 2.24. The third-order valence-corrected chi connectivity index (χ3v) is 3.92. The molecule has 1 aliphatic heterocycles. The van der Waals surface area contributed by atoms with Gasteiger partial charge >= 0.3 is 0 Å². The van der Waals surface area contributed by atoms with Gasteiger partial charge in [-0.05, 0) is 43.5 Å². The molecule has 1 unspecified atom stereocenters. The summed E-state index contributed by atoms with van der Waals surface area (Å²) in [7, 11) is 0. The van der Waals surface area contributed by atoms with Gasteiger partial charge in [-0.1, -0.05) is 15.9 Å². The van der Waals surface area contributed by atoms with E-state index in [9.17, 15) is 4.79 Å². The third kappa shape index (κ3) is 2.83. The summed E-state index contributed by atoms with van der Waals surface area (Å²) in [6, 6.07) is 6.00. The van der Waals surface area contributed by atoms with Crippen molar-refractivity contribution in [2.75, 3.05) is 12.4 Å². The minimum atomic E-state index is 0.0950. The highest BCUT2D eigenvalue weighted by Gasteiger charge is 2.28. The molecule has 1 aliphatic rings. The predicted octanol–water partition coefficient (Wildman–Crippen LogP) is 3.60. The number of nitrogens with zero attached hydrogens (tertiary/aromatic N) is 1. The molecule has 0 N–H and O–H groups in total. The van der Waals surface area contributed by atoms with E-state index in [4.69, 9.17) is 11.6 Å². The lowest BCUT2D eigenvalue weighted by molar-refractivity contribution is 0.0749. The fraction of sp³-hybridized carbons (Fsp3) is 0.462. The molecule has 0 radical (unpaired) electrons. The number of alkyl halides is 1. The monoisotopic (exact) mass is 315 g/mol. The van der Waals surface area contributed by atoms with Crippen molar-refractivity contribution < 1.29 is 4.79 Å². The second-order valence-corrected chi connectivity index (χ2v) is 5.69. The van der Waals surface area contributed by atoms with Crippen molar-refractivity contribution in [2.24, 2.45) is 0 Å². The van der Waals surface area contributed by atoms with Crippen molar-refractivity contribution in [3.05, 3.63) is 33.8 Å². The van der Waals surface area contributed by atoms with Gasteiger partial charge in [-0.2, -0.15) is 0 Å². The fourth-order valence-corrected chi connectivity index (χ4v) is 3.22. The molecule has 1 amide bonds. The van der Waals surface area contributed by atoms with Crippen molar-refractivity contribution in [2.45, 2.75) is 25.8 Å². The maximum atomic E-state index is 12.4. The molecule has 17 heavy (non-hydrogen) atoms. The second-order valence-electron chi connectivity index (χ2n) is 4.47. The molecular weight excluding hydrogens is 302 g/mol.